The van der Waals surface area contributed by atoms with Crippen LogP contribution in [0.1, 0.15) is 24.8 Å². The first-order valence-corrected chi connectivity index (χ1v) is 6.14. The summed E-state index contributed by atoms with van der Waals surface area (Å²) in [4.78, 5) is 0. The van der Waals surface area contributed by atoms with E-state index < -0.39 is 0 Å². The van der Waals surface area contributed by atoms with Crippen molar-refractivity contribution in [2.75, 3.05) is 20.2 Å². The van der Waals surface area contributed by atoms with Crippen LogP contribution in [-0.2, 0) is 4.74 Å². The molecule has 0 saturated carbocycles. The minimum Gasteiger partial charge on any atom is -0.377 e. The summed E-state index contributed by atoms with van der Waals surface area (Å²) in [6, 6.07) is 10.7. The summed E-state index contributed by atoms with van der Waals surface area (Å²) >= 11 is 0. The van der Waals surface area contributed by atoms with E-state index in [4.69, 9.17) is 4.74 Å². The molecule has 1 saturated heterocycles. The van der Waals surface area contributed by atoms with E-state index in [9.17, 15) is 0 Å². The van der Waals surface area contributed by atoms with Gasteiger partial charge in [0, 0.05) is 25.0 Å². The van der Waals surface area contributed by atoms with Crippen molar-refractivity contribution in [3.05, 3.63) is 35.9 Å². The Bertz CT molecular complexity index is 312. The van der Waals surface area contributed by atoms with Crippen LogP contribution in [0.2, 0.25) is 0 Å². The lowest BCUT2D eigenvalue weighted by Crippen LogP contribution is -2.30. The van der Waals surface area contributed by atoms with Crippen LogP contribution in [0.25, 0.3) is 0 Å². The first-order valence-electron chi connectivity index (χ1n) is 6.14. The van der Waals surface area contributed by atoms with E-state index in [2.05, 4.69) is 42.6 Å². The van der Waals surface area contributed by atoms with Crippen molar-refractivity contribution in [3.8, 4) is 0 Å². The van der Waals surface area contributed by atoms with Crippen LogP contribution < -0.4 is 5.32 Å². The average molecular weight is 219 g/mol. The third-order valence-corrected chi connectivity index (χ3v) is 3.55. The van der Waals surface area contributed by atoms with Crippen LogP contribution in [0.15, 0.2) is 30.3 Å². The highest BCUT2D eigenvalue weighted by molar-refractivity contribution is 5.20. The smallest absolute Gasteiger partial charge is 0.0681 e. The van der Waals surface area contributed by atoms with Crippen LogP contribution in [0, 0.1) is 5.92 Å². The molecule has 2 nitrogen and oxygen atoms in total. The van der Waals surface area contributed by atoms with Crippen molar-refractivity contribution < 1.29 is 4.74 Å². The van der Waals surface area contributed by atoms with Gasteiger partial charge >= 0.3 is 0 Å². The van der Waals surface area contributed by atoms with Gasteiger partial charge in [-0.3, -0.25) is 0 Å². The van der Waals surface area contributed by atoms with Crippen molar-refractivity contribution in [1.29, 1.82) is 0 Å². The van der Waals surface area contributed by atoms with E-state index in [-0.39, 0.29) is 0 Å². The Hall–Kier alpha value is -0.860. The predicted molar refractivity (Wildman–Crippen MR) is 66.6 cm³/mol. The van der Waals surface area contributed by atoms with Gasteiger partial charge in [-0.15, -0.1) is 0 Å². The molecular formula is C14H21NO. The molecular weight excluding hydrogens is 198 g/mol. The number of ether oxygens (including phenoxy) is 1. The second kappa shape index (κ2) is 5.46. The largest absolute Gasteiger partial charge is 0.377 e. The second-order valence-corrected chi connectivity index (χ2v) is 4.64. The van der Waals surface area contributed by atoms with Gasteiger partial charge < -0.3 is 10.1 Å². The Morgan fingerprint density at radius 3 is 2.81 bits per heavy atom. The van der Waals surface area contributed by atoms with Crippen molar-refractivity contribution in [1.82, 2.24) is 5.32 Å². The van der Waals surface area contributed by atoms with Crippen LogP contribution >= 0.6 is 0 Å². The van der Waals surface area contributed by atoms with Gasteiger partial charge in [0.15, 0.2) is 0 Å². The summed E-state index contributed by atoms with van der Waals surface area (Å²) in [5, 5.41) is 3.27. The normalized spacial score (nSPS) is 26.9. The topological polar surface area (TPSA) is 21.3 Å². The zero-order chi connectivity index (χ0) is 11.4. The van der Waals surface area contributed by atoms with Gasteiger partial charge in [-0.25, -0.2) is 0 Å². The van der Waals surface area contributed by atoms with Crippen LogP contribution in [-0.4, -0.2) is 26.3 Å². The number of hydrogen-bond donors (Lipinski definition) is 1. The third-order valence-electron chi connectivity index (χ3n) is 3.55. The molecule has 0 bridgehead atoms. The van der Waals surface area contributed by atoms with E-state index >= 15 is 0 Å². The standard InChI is InChI=1S/C14H21NO/c1-11(12-6-4-3-5-7-12)14-13(10-15-2)8-9-16-14/h3-7,11,13-15H,8-10H2,1-2H3. The Balaban J connectivity index is 2.06. The molecule has 1 aliphatic rings. The quantitative estimate of drug-likeness (QED) is 0.839. The molecule has 1 heterocycles. The van der Waals surface area contributed by atoms with Gasteiger partial charge in [0.1, 0.15) is 0 Å². The molecule has 88 valence electrons. The Kier molecular flexibility index (Phi) is 3.97. The minimum absolute atomic E-state index is 0.370. The molecule has 1 aromatic carbocycles. The van der Waals surface area contributed by atoms with E-state index in [0.29, 0.717) is 17.9 Å². The molecule has 1 aliphatic heterocycles. The molecule has 1 aromatic rings. The van der Waals surface area contributed by atoms with Crippen LogP contribution in [0.3, 0.4) is 0 Å². The second-order valence-electron chi connectivity index (χ2n) is 4.64. The molecule has 3 atom stereocenters. The SMILES string of the molecule is CNCC1CCOC1C(C)c1ccccc1. The van der Waals surface area contributed by atoms with Crippen molar-refractivity contribution in [2.24, 2.45) is 5.92 Å². The maximum Gasteiger partial charge on any atom is 0.0681 e. The van der Waals surface area contributed by atoms with E-state index in [1.165, 1.54) is 12.0 Å². The molecule has 0 aromatic heterocycles. The molecule has 2 rings (SSSR count). The van der Waals surface area contributed by atoms with E-state index in [0.717, 1.165) is 13.2 Å². The fraction of sp³-hybridized carbons (Fsp3) is 0.571. The summed E-state index contributed by atoms with van der Waals surface area (Å²) in [7, 11) is 2.02. The number of nitrogens with one attached hydrogen (secondary N) is 1. The number of hydrogen-bond acceptors (Lipinski definition) is 2. The lowest BCUT2D eigenvalue weighted by molar-refractivity contribution is 0.0723. The van der Waals surface area contributed by atoms with E-state index in [1.807, 2.05) is 7.05 Å². The lowest BCUT2D eigenvalue weighted by atomic mass is 9.87. The molecule has 1 fully saturated rings. The van der Waals surface area contributed by atoms with Gasteiger partial charge in [0.05, 0.1) is 6.10 Å². The van der Waals surface area contributed by atoms with E-state index in [1.54, 1.807) is 0 Å². The highest BCUT2D eigenvalue weighted by atomic mass is 16.5. The third kappa shape index (κ3) is 2.45. The first kappa shape index (κ1) is 11.6. The lowest BCUT2D eigenvalue weighted by Gasteiger charge is -2.25. The maximum atomic E-state index is 5.89. The molecule has 3 unspecified atom stereocenters. The Morgan fingerprint density at radius 1 is 1.38 bits per heavy atom. The Labute approximate surface area is 98.0 Å². The zero-order valence-corrected chi connectivity index (χ0v) is 10.1. The zero-order valence-electron chi connectivity index (χ0n) is 10.1. The van der Waals surface area contributed by atoms with Gasteiger partial charge in [0.25, 0.3) is 0 Å². The van der Waals surface area contributed by atoms with Gasteiger partial charge in [-0.2, -0.15) is 0 Å². The molecule has 0 spiro atoms. The fourth-order valence-corrected chi connectivity index (χ4v) is 2.64. The molecule has 0 radical (unpaired) electrons. The van der Waals surface area contributed by atoms with Crippen molar-refractivity contribution >= 4 is 0 Å². The monoisotopic (exact) mass is 219 g/mol. The van der Waals surface area contributed by atoms with Crippen LogP contribution in [0.4, 0.5) is 0 Å². The molecule has 0 aliphatic carbocycles. The predicted octanol–water partition coefficient (Wildman–Crippen LogP) is 2.41. The Morgan fingerprint density at radius 2 is 2.12 bits per heavy atom. The van der Waals surface area contributed by atoms with Gasteiger partial charge in [0.2, 0.25) is 0 Å². The highest BCUT2D eigenvalue weighted by Crippen LogP contribution is 2.32. The summed E-state index contributed by atoms with van der Waals surface area (Å²) < 4.78 is 5.89. The summed E-state index contributed by atoms with van der Waals surface area (Å²) in [5.41, 5.74) is 1.38. The average Bonchev–Trinajstić information content (AvgIpc) is 2.78. The van der Waals surface area contributed by atoms with Gasteiger partial charge in [-0.05, 0) is 19.0 Å². The fourth-order valence-electron chi connectivity index (χ4n) is 2.64. The summed E-state index contributed by atoms with van der Waals surface area (Å²) in [5.74, 6) is 1.14. The first-order chi connectivity index (χ1) is 7.83. The summed E-state index contributed by atoms with van der Waals surface area (Å²) in [6.45, 7) is 4.24. The highest BCUT2D eigenvalue weighted by Gasteiger charge is 2.32. The molecule has 16 heavy (non-hydrogen) atoms. The van der Waals surface area contributed by atoms with Crippen LogP contribution in [0.5, 0.6) is 0 Å². The minimum atomic E-state index is 0.370. The molecule has 1 N–H and O–H groups in total. The number of rotatable bonds is 4. The van der Waals surface area contributed by atoms with Crippen molar-refractivity contribution in [3.63, 3.8) is 0 Å². The molecule has 0 amide bonds. The van der Waals surface area contributed by atoms with Gasteiger partial charge in [-0.1, -0.05) is 37.3 Å². The molecule has 2 heteroatoms. The summed E-state index contributed by atoms with van der Waals surface area (Å²) in [6.07, 6.45) is 1.55. The number of benzene rings is 1. The van der Waals surface area contributed by atoms with Crippen molar-refractivity contribution in [2.45, 2.75) is 25.4 Å². The maximum absolute atomic E-state index is 5.89.